The fourth-order valence-corrected chi connectivity index (χ4v) is 4.90. The maximum absolute atomic E-state index is 12.5. The van der Waals surface area contributed by atoms with Gasteiger partial charge in [0.25, 0.3) is 0 Å². The van der Waals surface area contributed by atoms with E-state index in [1.807, 2.05) is 6.92 Å². The van der Waals surface area contributed by atoms with Crippen molar-refractivity contribution >= 4 is 17.5 Å². The number of aromatic nitrogens is 2. The van der Waals surface area contributed by atoms with Crippen LogP contribution in [0.4, 0.5) is 0 Å². The van der Waals surface area contributed by atoms with Crippen molar-refractivity contribution in [2.24, 2.45) is 5.92 Å². The number of fused-ring (bicyclic) bond motifs is 2. The normalized spacial score (nSPS) is 31.1. The maximum Gasteiger partial charge on any atom is 0.185 e. The minimum Gasteiger partial charge on any atom is -0.292 e. The van der Waals surface area contributed by atoms with Crippen LogP contribution in [0.3, 0.4) is 0 Å². The first-order chi connectivity index (χ1) is 8.72. The molecule has 2 saturated heterocycles. The van der Waals surface area contributed by atoms with Crippen LogP contribution in [0.2, 0.25) is 0 Å². The zero-order chi connectivity index (χ0) is 12.5. The molecule has 96 valence electrons. The average Bonchev–Trinajstić information content (AvgIpc) is 2.37. The summed E-state index contributed by atoms with van der Waals surface area (Å²) in [5.74, 6) is 0.390. The van der Waals surface area contributed by atoms with Crippen LogP contribution in [0.1, 0.15) is 48.3 Å². The Morgan fingerprint density at radius 1 is 1.28 bits per heavy atom. The van der Waals surface area contributed by atoms with E-state index < -0.39 is 0 Å². The molecule has 3 rings (SSSR count). The molecular weight excluding hydrogens is 244 g/mol. The molecule has 3 nitrogen and oxygen atoms in total. The van der Waals surface area contributed by atoms with E-state index in [1.165, 1.54) is 19.3 Å². The van der Waals surface area contributed by atoms with Gasteiger partial charge in [-0.05, 0) is 32.6 Å². The second kappa shape index (κ2) is 5.00. The van der Waals surface area contributed by atoms with Crippen molar-refractivity contribution in [3.8, 4) is 0 Å². The van der Waals surface area contributed by atoms with Gasteiger partial charge in [0.15, 0.2) is 5.78 Å². The highest BCUT2D eigenvalue weighted by Gasteiger charge is 2.36. The number of ketones is 1. The summed E-state index contributed by atoms with van der Waals surface area (Å²) in [5, 5.41) is 1.40. The predicted octanol–water partition coefficient (Wildman–Crippen LogP) is 3.03. The lowest BCUT2D eigenvalue weighted by Gasteiger charge is -2.37. The van der Waals surface area contributed by atoms with Crippen LogP contribution in [0, 0.1) is 12.8 Å². The van der Waals surface area contributed by atoms with Crippen LogP contribution >= 0.6 is 11.8 Å². The highest BCUT2D eigenvalue weighted by Crippen LogP contribution is 2.44. The molecular formula is C14H18N2OS. The Labute approximate surface area is 112 Å². The Balaban J connectivity index is 1.76. The quantitative estimate of drug-likeness (QED) is 0.768. The van der Waals surface area contributed by atoms with Gasteiger partial charge in [0.05, 0.1) is 11.9 Å². The first kappa shape index (κ1) is 12.2. The van der Waals surface area contributed by atoms with Gasteiger partial charge in [-0.2, -0.15) is 11.8 Å². The van der Waals surface area contributed by atoms with Crippen LogP contribution < -0.4 is 0 Å². The van der Waals surface area contributed by atoms with Gasteiger partial charge in [0.1, 0.15) is 5.69 Å². The van der Waals surface area contributed by atoms with Gasteiger partial charge in [-0.25, -0.2) is 4.98 Å². The summed E-state index contributed by atoms with van der Waals surface area (Å²) in [4.78, 5) is 20.9. The Bertz CT molecular complexity index is 451. The zero-order valence-corrected chi connectivity index (χ0v) is 11.4. The first-order valence-corrected chi connectivity index (χ1v) is 7.65. The highest BCUT2D eigenvalue weighted by molar-refractivity contribution is 8.00. The van der Waals surface area contributed by atoms with E-state index in [4.69, 9.17) is 0 Å². The number of nitrogens with zero attached hydrogens (tertiary/aromatic N) is 2. The smallest absolute Gasteiger partial charge is 0.185 e. The van der Waals surface area contributed by atoms with E-state index in [9.17, 15) is 4.79 Å². The number of rotatable bonds is 2. The van der Waals surface area contributed by atoms with E-state index in [1.54, 1.807) is 12.4 Å². The summed E-state index contributed by atoms with van der Waals surface area (Å²) in [7, 11) is 0. The van der Waals surface area contributed by atoms with Crippen LogP contribution in [0.5, 0.6) is 0 Å². The van der Waals surface area contributed by atoms with Gasteiger partial charge < -0.3 is 0 Å². The molecule has 0 spiro atoms. The molecule has 1 aromatic rings. The van der Waals surface area contributed by atoms with Crippen molar-refractivity contribution in [1.29, 1.82) is 0 Å². The van der Waals surface area contributed by atoms with E-state index >= 15 is 0 Å². The van der Waals surface area contributed by atoms with E-state index in [2.05, 4.69) is 21.7 Å². The highest BCUT2D eigenvalue weighted by atomic mass is 32.2. The van der Waals surface area contributed by atoms with Crippen LogP contribution in [0.25, 0.3) is 0 Å². The molecule has 18 heavy (non-hydrogen) atoms. The molecule has 0 aliphatic carbocycles. The standard InChI is InChI=1S/C14H18N2OS/c1-9-7-15-8-13(16-9)14(17)10-5-11-3-2-4-12(6-10)18-11/h7-8,10-12H,2-6H2,1H3. The van der Waals surface area contributed by atoms with E-state index in [0.717, 1.165) is 18.5 Å². The maximum atomic E-state index is 12.5. The summed E-state index contributed by atoms with van der Waals surface area (Å²) in [5.41, 5.74) is 1.39. The van der Waals surface area contributed by atoms with Crippen LogP contribution in [0.15, 0.2) is 12.4 Å². The first-order valence-electron chi connectivity index (χ1n) is 6.70. The summed E-state index contributed by atoms with van der Waals surface area (Å²) >= 11 is 2.10. The van der Waals surface area contributed by atoms with Crippen LogP contribution in [-0.4, -0.2) is 26.3 Å². The lowest BCUT2D eigenvalue weighted by molar-refractivity contribution is 0.0891. The second-order valence-corrected chi connectivity index (χ2v) is 6.99. The van der Waals surface area contributed by atoms with Crippen molar-refractivity contribution in [3.05, 3.63) is 23.8 Å². The number of aryl methyl sites for hydroxylation is 1. The third-order valence-corrected chi connectivity index (χ3v) is 5.54. The molecule has 0 aromatic carbocycles. The Morgan fingerprint density at radius 3 is 2.67 bits per heavy atom. The molecule has 2 fully saturated rings. The van der Waals surface area contributed by atoms with Crippen molar-refractivity contribution in [2.75, 3.05) is 0 Å². The van der Waals surface area contributed by atoms with Gasteiger partial charge in [-0.15, -0.1) is 0 Å². The minimum absolute atomic E-state index is 0.178. The topological polar surface area (TPSA) is 42.9 Å². The fraction of sp³-hybridized carbons (Fsp3) is 0.643. The molecule has 2 unspecified atom stereocenters. The number of carbonyl (C=O) groups is 1. The van der Waals surface area contributed by atoms with E-state index in [-0.39, 0.29) is 11.7 Å². The summed E-state index contributed by atoms with van der Waals surface area (Å²) < 4.78 is 0. The SMILES string of the molecule is Cc1cncc(C(=O)C2CC3CCCC(C2)S3)n1. The van der Waals surface area contributed by atoms with Gasteiger partial charge in [0, 0.05) is 22.6 Å². The largest absolute Gasteiger partial charge is 0.292 e. The van der Waals surface area contributed by atoms with E-state index in [0.29, 0.717) is 16.2 Å². The zero-order valence-electron chi connectivity index (χ0n) is 10.6. The van der Waals surface area contributed by atoms with Gasteiger partial charge in [-0.3, -0.25) is 9.78 Å². The second-order valence-electron chi connectivity index (χ2n) is 5.39. The predicted molar refractivity (Wildman–Crippen MR) is 72.8 cm³/mol. The number of Topliss-reactive ketones (excluding diaryl/α,β-unsaturated/α-hetero) is 1. The minimum atomic E-state index is 0.178. The van der Waals surface area contributed by atoms with Crippen molar-refractivity contribution < 1.29 is 4.79 Å². The molecule has 3 heterocycles. The molecule has 4 heteroatoms. The number of hydrogen-bond acceptors (Lipinski definition) is 4. The summed E-state index contributed by atoms with van der Waals surface area (Å²) in [6, 6.07) is 0. The average molecular weight is 262 g/mol. The number of hydrogen-bond donors (Lipinski definition) is 0. The molecule has 0 saturated carbocycles. The van der Waals surface area contributed by atoms with Gasteiger partial charge >= 0.3 is 0 Å². The van der Waals surface area contributed by atoms with Gasteiger partial charge in [0.2, 0.25) is 0 Å². The van der Waals surface area contributed by atoms with Crippen molar-refractivity contribution in [1.82, 2.24) is 9.97 Å². The lowest BCUT2D eigenvalue weighted by atomic mass is 9.86. The number of thioether (sulfide) groups is 1. The molecule has 1 aromatic heterocycles. The van der Waals surface area contributed by atoms with Crippen molar-refractivity contribution in [3.63, 3.8) is 0 Å². The van der Waals surface area contributed by atoms with Gasteiger partial charge in [-0.1, -0.05) is 6.42 Å². The summed E-state index contributed by atoms with van der Waals surface area (Å²) in [6.07, 6.45) is 9.29. The third-order valence-electron chi connectivity index (χ3n) is 3.91. The molecule has 0 N–H and O–H groups in total. The molecule has 0 radical (unpaired) electrons. The molecule has 2 aliphatic rings. The monoisotopic (exact) mass is 262 g/mol. The Kier molecular flexibility index (Phi) is 3.37. The number of carbonyl (C=O) groups excluding carboxylic acids is 1. The Morgan fingerprint density at radius 2 is 2.00 bits per heavy atom. The van der Waals surface area contributed by atoms with Crippen molar-refractivity contribution in [2.45, 2.75) is 49.5 Å². The molecule has 2 aliphatic heterocycles. The fourth-order valence-electron chi connectivity index (χ4n) is 3.06. The molecule has 2 bridgehead atoms. The third kappa shape index (κ3) is 2.44. The molecule has 2 atom stereocenters. The lowest BCUT2D eigenvalue weighted by Crippen LogP contribution is -2.33. The van der Waals surface area contributed by atoms with Crippen LogP contribution in [-0.2, 0) is 0 Å². The molecule has 0 amide bonds. The Hall–Kier alpha value is -0.900. The summed E-state index contributed by atoms with van der Waals surface area (Å²) in [6.45, 7) is 1.88.